The average molecular weight is 352 g/mol. The Morgan fingerprint density at radius 2 is 2.04 bits per heavy atom. The van der Waals surface area contributed by atoms with Crippen LogP contribution in [0, 0.1) is 6.92 Å². The maximum absolute atomic E-state index is 13.0. The zero-order valence-electron chi connectivity index (χ0n) is 15.5. The van der Waals surface area contributed by atoms with E-state index in [2.05, 4.69) is 41.6 Å². The summed E-state index contributed by atoms with van der Waals surface area (Å²) in [6.07, 6.45) is 7.35. The summed E-state index contributed by atoms with van der Waals surface area (Å²) in [5.74, 6) is 0.0853. The van der Waals surface area contributed by atoms with Crippen molar-refractivity contribution in [2.75, 3.05) is 19.6 Å². The molecule has 1 aromatic carbocycles. The molecule has 5 heteroatoms. The van der Waals surface area contributed by atoms with Crippen molar-refractivity contribution in [3.63, 3.8) is 0 Å². The van der Waals surface area contributed by atoms with Crippen LogP contribution in [0.4, 0.5) is 0 Å². The molecule has 1 amide bonds. The average Bonchev–Trinajstić information content (AvgIpc) is 3.34. The van der Waals surface area contributed by atoms with E-state index in [4.69, 9.17) is 0 Å². The number of aromatic nitrogens is 2. The van der Waals surface area contributed by atoms with Crippen molar-refractivity contribution >= 4 is 5.91 Å². The number of aryl methyl sites for hydroxylation is 1. The first kappa shape index (κ1) is 17.3. The van der Waals surface area contributed by atoms with Crippen molar-refractivity contribution in [2.45, 2.75) is 51.1 Å². The minimum absolute atomic E-state index is 0.0853. The largest absolute Gasteiger partial charge is 0.334 e. The number of hydrogen-bond acceptors (Lipinski definition) is 3. The Balaban J connectivity index is 1.44. The Morgan fingerprint density at radius 1 is 1.19 bits per heavy atom. The van der Waals surface area contributed by atoms with Crippen LogP contribution in [-0.4, -0.2) is 46.3 Å². The van der Waals surface area contributed by atoms with Crippen molar-refractivity contribution in [1.82, 2.24) is 20.0 Å². The van der Waals surface area contributed by atoms with Crippen LogP contribution in [0.5, 0.6) is 0 Å². The van der Waals surface area contributed by atoms with E-state index in [1.165, 1.54) is 17.5 Å². The molecule has 2 aliphatic heterocycles. The Labute approximate surface area is 155 Å². The Kier molecular flexibility index (Phi) is 5.07. The minimum Gasteiger partial charge on any atom is -0.334 e. The number of nitrogens with one attached hydrogen (secondary N) is 1. The topological polar surface area (TPSA) is 50.2 Å². The van der Waals surface area contributed by atoms with Crippen LogP contribution in [0.25, 0.3) is 0 Å². The standard InChI is InChI=1S/C21H28N4O/c1-16-6-8-17(9-7-16)14-18-5-3-12-24(18)21(26)20-10-13-25(23-20)19-4-2-11-22-15-19/h6-10,13,18-19,22H,2-5,11-12,14-15H2,1H3. The first-order valence-corrected chi connectivity index (χ1v) is 9.83. The molecule has 2 aliphatic rings. The maximum Gasteiger partial charge on any atom is 0.274 e. The fourth-order valence-corrected chi connectivity index (χ4v) is 4.17. The van der Waals surface area contributed by atoms with Crippen LogP contribution in [-0.2, 0) is 6.42 Å². The molecule has 138 valence electrons. The summed E-state index contributed by atoms with van der Waals surface area (Å²) in [5.41, 5.74) is 3.17. The van der Waals surface area contributed by atoms with Crippen LogP contribution in [0.2, 0.25) is 0 Å². The van der Waals surface area contributed by atoms with Gasteiger partial charge in [-0.2, -0.15) is 5.10 Å². The minimum atomic E-state index is 0.0853. The Bertz CT molecular complexity index is 746. The fourth-order valence-electron chi connectivity index (χ4n) is 4.17. The quantitative estimate of drug-likeness (QED) is 0.920. The summed E-state index contributed by atoms with van der Waals surface area (Å²) < 4.78 is 1.98. The second-order valence-electron chi connectivity index (χ2n) is 7.67. The van der Waals surface area contributed by atoms with Gasteiger partial charge >= 0.3 is 0 Å². The third-order valence-corrected chi connectivity index (χ3v) is 5.70. The van der Waals surface area contributed by atoms with E-state index >= 15 is 0 Å². The molecule has 0 radical (unpaired) electrons. The number of amides is 1. The molecule has 1 N–H and O–H groups in total. The molecule has 4 rings (SSSR count). The van der Waals surface area contributed by atoms with Gasteiger partial charge in [0.15, 0.2) is 0 Å². The molecule has 0 spiro atoms. The highest BCUT2D eigenvalue weighted by molar-refractivity contribution is 5.92. The highest BCUT2D eigenvalue weighted by atomic mass is 16.2. The van der Waals surface area contributed by atoms with Gasteiger partial charge in [0.05, 0.1) is 6.04 Å². The molecule has 2 fully saturated rings. The van der Waals surface area contributed by atoms with Crippen molar-refractivity contribution < 1.29 is 4.79 Å². The first-order valence-electron chi connectivity index (χ1n) is 9.83. The van der Waals surface area contributed by atoms with Gasteiger partial charge in [-0.3, -0.25) is 9.48 Å². The lowest BCUT2D eigenvalue weighted by molar-refractivity contribution is 0.0729. The van der Waals surface area contributed by atoms with Crippen LogP contribution < -0.4 is 5.32 Å². The van der Waals surface area contributed by atoms with Crippen molar-refractivity contribution in [2.24, 2.45) is 0 Å². The number of carbonyl (C=O) groups is 1. The monoisotopic (exact) mass is 352 g/mol. The number of rotatable bonds is 4. The van der Waals surface area contributed by atoms with Gasteiger partial charge in [0.2, 0.25) is 0 Å². The molecule has 0 saturated carbocycles. The summed E-state index contributed by atoms with van der Waals surface area (Å²) in [6, 6.07) is 11.2. The van der Waals surface area contributed by atoms with E-state index in [0.717, 1.165) is 45.3 Å². The predicted molar refractivity (Wildman–Crippen MR) is 102 cm³/mol. The summed E-state index contributed by atoms with van der Waals surface area (Å²) in [6.45, 7) is 4.97. The molecule has 0 aliphatic carbocycles. The molecule has 3 heterocycles. The molecule has 2 aromatic rings. The normalized spacial score (nSPS) is 23.3. The maximum atomic E-state index is 13.0. The van der Waals surface area contributed by atoms with Crippen molar-refractivity contribution in [3.05, 3.63) is 53.3 Å². The van der Waals surface area contributed by atoms with E-state index in [9.17, 15) is 4.79 Å². The lowest BCUT2D eigenvalue weighted by Crippen LogP contribution is -2.37. The van der Waals surface area contributed by atoms with E-state index in [1.54, 1.807) is 0 Å². The lowest BCUT2D eigenvalue weighted by atomic mass is 10.0. The second-order valence-corrected chi connectivity index (χ2v) is 7.67. The van der Waals surface area contributed by atoms with E-state index < -0.39 is 0 Å². The Morgan fingerprint density at radius 3 is 2.81 bits per heavy atom. The molecule has 26 heavy (non-hydrogen) atoms. The van der Waals surface area contributed by atoms with E-state index in [0.29, 0.717) is 11.7 Å². The van der Waals surface area contributed by atoms with Crippen LogP contribution in [0.1, 0.15) is 53.3 Å². The van der Waals surface area contributed by atoms with Gasteiger partial charge in [-0.05, 0) is 57.2 Å². The second kappa shape index (κ2) is 7.62. The first-order chi connectivity index (χ1) is 12.7. The third-order valence-electron chi connectivity index (χ3n) is 5.70. The molecular formula is C21H28N4O. The highest BCUT2D eigenvalue weighted by Gasteiger charge is 2.31. The zero-order valence-corrected chi connectivity index (χ0v) is 15.5. The molecule has 1 aromatic heterocycles. The number of hydrogen-bond donors (Lipinski definition) is 1. The number of likely N-dealkylation sites (tertiary alicyclic amines) is 1. The molecular weight excluding hydrogens is 324 g/mol. The number of nitrogens with zero attached hydrogens (tertiary/aromatic N) is 3. The fraction of sp³-hybridized carbons (Fsp3) is 0.524. The molecule has 2 unspecified atom stereocenters. The smallest absolute Gasteiger partial charge is 0.274 e. The van der Waals surface area contributed by atoms with Gasteiger partial charge < -0.3 is 10.2 Å². The molecule has 5 nitrogen and oxygen atoms in total. The van der Waals surface area contributed by atoms with Gasteiger partial charge in [0, 0.05) is 25.3 Å². The van der Waals surface area contributed by atoms with E-state index in [-0.39, 0.29) is 11.9 Å². The van der Waals surface area contributed by atoms with Crippen molar-refractivity contribution in [1.29, 1.82) is 0 Å². The van der Waals surface area contributed by atoms with Crippen molar-refractivity contribution in [3.8, 4) is 0 Å². The predicted octanol–water partition coefficient (Wildman–Crippen LogP) is 2.96. The lowest BCUT2D eigenvalue weighted by Gasteiger charge is -2.25. The zero-order chi connectivity index (χ0) is 17.9. The van der Waals surface area contributed by atoms with E-state index in [1.807, 2.05) is 21.8 Å². The molecule has 2 saturated heterocycles. The third kappa shape index (κ3) is 3.68. The van der Waals surface area contributed by atoms with Gasteiger partial charge in [-0.15, -0.1) is 0 Å². The Hall–Kier alpha value is -2.14. The summed E-state index contributed by atoms with van der Waals surface area (Å²) in [7, 11) is 0. The van der Waals surface area contributed by atoms with Crippen LogP contribution in [0.15, 0.2) is 36.5 Å². The number of piperidine rings is 1. The highest BCUT2D eigenvalue weighted by Crippen LogP contribution is 2.24. The number of benzene rings is 1. The number of carbonyl (C=O) groups excluding carboxylic acids is 1. The summed E-state index contributed by atoms with van der Waals surface area (Å²) >= 11 is 0. The van der Waals surface area contributed by atoms with Gasteiger partial charge in [-0.25, -0.2) is 0 Å². The molecule has 0 bridgehead atoms. The molecule has 2 atom stereocenters. The van der Waals surface area contributed by atoms with Gasteiger partial charge in [-0.1, -0.05) is 29.8 Å². The van der Waals surface area contributed by atoms with Gasteiger partial charge in [0.1, 0.15) is 5.69 Å². The SMILES string of the molecule is Cc1ccc(CC2CCCN2C(=O)c2ccn(C3CCCNC3)n2)cc1. The van der Waals surface area contributed by atoms with Crippen LogP contribution in [0.3, 0.4) is 0 Å². The van der Waals surface area contributed by atoms with Crippen LogP contribution >= 0.6 is 0 Å². The summed E-state index contributed by atoms with van der Waals surface area (Å²) in [5, 5.41) is 8.03. The summed E-state index contributed by atoms with van der Waals surface area (Å²) in [4.78, 5) is 15.1. The van der Waals surface area contributed by atoms with Gasteiger partial charge in [0.25, 0.3) is 5.91 Å².